The van der Waals surface area contributed by atoms with Crippen molar-refractivity contribution >= 4 is 28.7 Å². The number of benzene rings is 1. The topological polar surface area (TPSA) is 41.3 Å². The van der Waals surface area contributed by atoms with Crippen LogP contribution in [0.2, 0.25) is 0 Å². The third-order valence-electron chi connectivity index (χ3n) is 3.05. The van der Waals surface area contributed by atoms with Gasteiger partial charge in [0.2, 0.25) is 0 Å². The Kier molecular flexibility index (Phi) is 3.07. The number of anilines is 2. The van der Waals surface area contributed by atoms with E-state index in [1.54, 1.807) is 0 Å². The van der Waals surface area contributed by atoms with E-state index in [1.165, 1.54) is 0 Å². The summed E-state index contributed by atoms with van der Waals surface area (Å²) in [6, 6.07) is 5.90. The number of rotatable bonds is 1. The highest BCUT2D eigenvalue weighted by molar-refractivity contribution is 7.80. The van der Waals surface area contributed by atoms with Gasteiger partial charge < -0.3 is 11.1 Å². The minimum absolute atomic E-state index is 0.116. The second kappa shape index (κ2) is 4.28. The first-order chi connectivity index (χ1) is 8.32. The summed E-state index contributed by atoms with van der Waals surface area (Å²) in [6.45, 7) is 8.30. The molecule has 1 aliphatic rings. The van der Waals surface area contributed by atoms with Crippen LogP contribution in [0, 0.1) is 6.92 Å². The Hall–Kier alpha value is -1.55. The van der Waals surface area contributed by atoms with Crippen molar-refractivity contribution < 1.29 is 0 Å². The lowest BCUT2D eigenvalue weighted by Gasteiger charge is -2.39. The van der Waals surface area contributed by atoms with E-state index in [1.807, 2.05) is 30.0 Å². The molecule has 1 aromatic rings. The van der Waals surface area contributed by atoms with Crippen molar-refractivity contribution in [2.45, 2.75) is 33.2 Å². The maximum absolute atomic E-state index is 6.09. The molecule has 0 atom stereocenters. The van der Waals surface area contributed by atoms with Crippen LogP contribution >= 0.6 is 12.2 Å². The Morgan fingerprint density at radius 3 is 2.50 bits per heavy atom. The van der Waals surface area contributed by atoms with Gasteiger partial charge in [0, 0.05) is 5.70 Å². The molecule has 3 nitrogen and oxygen atoms in total. The maximum Gasteiger partial charge on any atom is 0.178 e. The number of hydrogen-bond donors (Lipinski definition) is 2. The molecule has 0 saturated carbocycles. The lowest BCUT2D eigenvalue weighted by Crippen LogP contribution is -2.53. The van der Waals surface area contributed by atoms with Gasteiger partial charge in [-0.2, -0.15) is 0 Å². The third kappa shape index (κ3) is 2.20. The van der Waals surface area contributed by atoms with E-state index < -0.39 is 0 Å². The second-order valence-corrected chi connectivity index (χ2v) is 5.67. The van der Waals surface area contributed by atoms with E-state index in [0.717, 1.165) is 22.6 Å². The summed E-state index contributed by atoms with van der Waals surface area (Å²) < 4.78 is 0. The van der Waals surface area contributed by atoms with Crippen LogP contribution in [-0.2, 0) is 0 Å². The van der Waals surface area contributed by atoms with Crippen LogP contribution in [-0.4, -0.2) is 10.7 Å². The zero-order valence-electron chi connectivity index (χ0n) is 11.2. The number of allylic oxidation sites excluding steroid dienone is 1. The number of hydrogen-bond acceptors (Lipinski definition) is 2. The average Bonchev–Trinajstić information content (AvgIpc) is 2.19. The fourth-order valence-corrected chi connectivity index (χ4v) is 2.88. The molecule has 1 aliphatic heterocycles. The summed E-state index contributed by atoms with van der Waals surface area (Å²) in [5.74, 6) is 0. The SMILES string of the molecule is CC1=CC(C)(C)NC(=S)N1c1c(C)cccc1N. The summed E-state index contributed by atoms with van der Waals surface area (Å²) in [5, 5.41) is 4.01. The van der Waals surface area contributed by atoms with Gasteiger partial charge in [-0.05, 0) is 57.6 Å². The van der Waals surface area contributed by atoms with Crippen LogP contribution in [0.1, 0.15) is 26.3 Å². The zero-order valence-corrected chi connectivity index (χ0v) is 12.1. The van der Waals surface area contributed by atoms with E-state index in [4.69, 9.17) is 18.0 Å². The van der Waals surface area contributed by atoms with Crippen molar-refractivity contribution in [3.63, 3.8) is 0 Å². The highest BCUT2D eigenvalue weighted by Crippen LogP contribution is 2.33. The Balaban J connectivity index is 2.55. The number of aryl methyl sites for hydroxylation is 1. The largest absolute Gasteiger partial charge is 0.397 e. The Morgan fingerprint density at radius 1 is 1.28 bits per heavy atom. The van der Waals surface area contributed by atoms with Crippen molar-refractivity contribution in [3.05, 3.63) is 35.5 Å². The van der Waals surface area contributed by atoms with Gasteiger partial charge in [-0.15, -0.1) is 0 Å². The van der Waals surface area contributed by atoms with Crippen molar-refractivity contribution in [3.8, 4) is 0 Å². The highest BCUT2D eigenvalue weighted by Gasteiger charge is 2.29. The van der Waals surface area contributed by atoms with Crippen LogP contribution in [0.5, 0.6) is 0 Å². The van der Waals surface area contributed by atoms with Crippen LogP contribution in [0.4, 0.5) is 11.4 Å². The van der Waals surface area contributed by atoms with E-state index in [0.29, 0.717) is 5.11 Å². The van der Waals surface area contributed by atoms with Crippen LogP contribution in [0.3, 0.4) is 0 Å². The molecule has 2 rings (SSSR count). The van der Waals surface area contributed by atoms with Gasteiger partial charge in [-0.25, -0.2) is 0 Å². The summed E-state index contributed by atoms with van der Waals surface area (Å²) in [5.41, 5.74) is 9.90. The van der Waals surface area contributed by atoms with E-state index in [9.17, 15) is 0 Å². The molecule has 0 spiro atoms. The predicted octanol–water partition coefficient (Wildman–Crippen LogP) is 2.95. The number of thiocarbonyl (C=S) groups is 1. The van der Waals surface area contributed by atoms with E-state index >= 15 is 0 Å². The van der Waals surface area contributed by atoms with Crippen molar-refractivity contribution in [2.75, 3.05) is 10.6 Å². The lowest BCUT2D eigenvalue weighted by molar-refractivity contribution is 0.560. The first-order valence-electron chi connectivity index (χ1n) is 5.98. The molecule has 0 saturated heterocycles. The maximum atomic E-state index is 6.09. The Morgan fingerprint density at radius 2 is 1.94 bits per heavy atom. The standard InChI is InChI=1S/C14H19N3S/c1-9-6-5-7-11(15)12(9)17-10(2)8-14(3,4)16-13(17)18/h5-8H,15H2,1-4H3,(H,16,18). The van der Waals surface area contributed by atoms with Gasteiger partial charge in [0.05, 0.1) is 16.9 Å². The number of nitrogens with zero attached hydrogens (tertiary/aromatic N) is 1. The third-order valence-corrected chi connectivity index (χ3v) is 3.33. The molecule has 0 amide bonds. The molecule has 3 N–H and O–H groups in total. The summed E-state index contributed by atoms with van der Waals surface area (Å²) in [6.07, 6.45) is 2.16. The van der Waals surface area contributed by atoms with Crippen molar-refractivity contribution in [2.24, 2.45) is 0 Å². The average molecular weight is 261 g/mol. The number of nitrogens with two attached hydrogens (primary N) is 1. The highest BCUT2D eigenvalue weighted by atomic mass is 32.1. The second-order valence-electron chi connectivity index (χ2n) is 5.29. The quantitative estimate of drug-likeness (QED) is 0.602. The number of para-hydroxylation sites is 1. The molecule has 18 heavy (non-hydrogen) atoms. The van der Waals surface area contributed by atoms with Crippen molar-refractivity contribution in [1.29, 1.82) is 0 Å². The van der Waals surface area contributed by atoms with E-state index in [-0.39, 0.29) is 5.54 Å². The molecule has 0 aromatic heterocycles. The number of nitrogen functional groups attached to an aromatic ring is 1. The fourth-order valence-electron chi connectivity index (χ4n) is 2.38. The smallest absolute Gasteiger partial charge is 0.178 e. The Bertz CT molecular complexity index is 512. The van der Waals surface area contributed by atoms with Gasteiger partial charge >= 0.3 is 0 Å². The van der Waals surface area contributed by atoms with Gasteiger partial charge in [0.15, 0.2) is 5.11 Å². The fraction of sp³-hybridized carbons (Fsp3) is 0.357. The van der Waals surface area contributed by atoms with Crippen molar-refractivity contribution in [1.82, 2.24) is 5.32 Å². The molecule has 1 aromatic carbocycles. The molecular formula is C14H19N3S. The van der Waals surface area contributed by atoms with Gasteiger partial charge in [-0.1, -0.05) is 12.1 Å². The number of nitrogens with one attached hydrogen (secondary N) is 1. The molecule has 96 valence electrons. The van der Waals surface area contributed by atoms with Crippen LogP contribution < -0.4 is 16.0 Å². The molecule has 4 heteroatoms. The molecule has 1 heterocycles. The summed E-state index contributed by atoms with van der Waals surface area (Å²) in [4.78, 5) is 2.01. The summed E-state index contributed by atoms with van der Waals surface area (Å²) >= 11 is 5.47. The molecular weight excluding hydrogens is 242 g/mol. The summed E-state index contributed by atoms with van der Waals surface area (Å²) in [7, 11) is 0. The molecule has 0 aliphatic carbocycles. The minimum Gasteiger partial charge on any atom is -0.397 e. The normalized spacial score (nSPS) is 18.3. The first-order valence-corrected chi connectivity index (χ1v) is 6.39. The predicted molar refractivity (Wildman–Crippen MR) is 81.6 cm³/mol. The first kappa shape index (κ1) is 12.9. The van der Waals surface area contributed by atoms with Gasteiger partial charge in [0.25, 0.3) is 0 Å². The lowest BCUT2D eigenvalue weighted by atomic mass is 10.0. The molecule has 0 unspecified atom stereocenters. The van der Waals surface area contributed by atoms with Crippen LogP contribution in [0.25, 0.3) is 0 Å². The molecule has 0 fully saturated rings. The molecule has 0 bridgehead atoms. The molecule has 0 radical (unpaired) electrons. The Labute approximate surface area is 114 Å². The minimum atomic E-state index is -0.116. The van der Waals surface area contributed by atoms with Gasteiger partial charge in [-0.3, -0.25) is 4.90 Å². The van der Waals surface area contributed by atoms with E-state index in [2.05, 4.69) is 32.2 Å². The van der Waals surface area contributed by atoms with Gasteiger partial charge in [0.1, 0.15) is 0 Å². The monoisotopic (exact) mass is 261 g/mol. The van der Waals surface area contributed by atoms with Crippen LogP contribution in [0.15, 0.2) is 30.0 Å². The zero-order chi connectivity index (χ0) is 13.5.